The molecule has 0 aliphatic heterocycles. The summed E-state index contributed by atoms with van der Waals surface area (Å²) in [6.07, 6.45) is 2.52. The van der Waals surface area contributed by atoms with Crippen molar-refractivity contribution < 1.29 is 4.42 Å². The fraction of sp³-hybridized carbons (Fsp3) is 0.733. The minimum absolute atomic E-state index is 0.567. The van der Waals surface area contributed by atoms with E-state index in [9.17, 15) is 0 Å². The van der Waals surface area contributed by atoms with Crippen LogP contribution in [0.5, 0.6) is 0 Å². The minimum atomic E-state index is 0.567. The van der Waals surface area contributed by atoms with Crippen LogP contribution in [-0.2, 0) is 6.54 Å². The Morgan fingerprint density at radius 3 is 2.94 bits per heavy atom. The Balaban J connectivity index is 1.68. The first-order chi connectivity index (χ1) is 8.70. The molecule has 2 rings (SSSR count). The highest BCUT2D eigenvalue weighted by Crippen LogP contribution is 2.47. The van der Waals surface area contributed by atoms with Crippen LogP contribution in [0, 0.1) is 5.92 Å². The highest BCUT2D eigenvalue weighted by atomic mass is 32.2. The summed E-state index contributed by atoms with van der Waals surface area (Å²) in [7, 11) is 0. The minimum Gasteiger partial charge on any atom is -0.464 e. The first-order valence-corrected chi connectivity index (χ1v) is 8.26. The molecule has 1 saturated carbocycles. The lowest BCUT2D eigenvalue weighted by atomic mass is 10.2. The lowest BCUT2D eigenvalue weighted by Crippen LogP contribution is -2.25. The monoisotopic (exact) mass is 267 g/mol. The smallest absolute Gasteiger partial charge is 0.117 e. The summed E-state index contributed by atoms with van der Waals surface area (Å²) < 4.78 is 5.89. The summed E-state index contributed by atoms with van der Waals surface area (Å²) in [6, 6.07) is 4.85. The van der Waals surface area contributed by atoms with E-state index in [1.54, 1.807) is 0 Å². The van der Waals surface area contributed by atoms with Gasteiger partial charge in [0.2, 0.25) is 0 Å². The number of furan rings is 1. The molecule has 0 spiro atoms. The lowest BCUT2D eigenvalue weighted by Gasteiger charge is -2.11. The van der Waals surface area contributed by atoms with Crippen LogP contribution in [0.25, 0.3) is 0 Å². The van der Waals surface area contributed by atoms with E-state index in [4.69, 9.17) is 4.42 Å². The zero-order chi connectivity index (χ0) is 13.0. The van der Waals surface area contributed by atoms with Gasteiger partial charge >= 0.3 is 0 Å². The van der Waals surface area contributed by atoms with Crippen molar-refractivity contribution in [3.05, 3.63) is 23.7 Å². The third kappa shape index (κ3) is 4.06. The van der Waals surface area contributed by atoms with E-state index in [-0.39, 0.29) is 0 Å². The topological polar surface area (TPSA) is 25.2 Å². The van der Waals surface area contributed by atoms with Crippen molar-refractivity contribution in [2.45, 2.75) is 52.1 Å². The van der Waals surface area contributed by atoms with Gasteiger partial charge in [-0.2, -0.15) is 11.8 Å². The van der Waals surface area contributed by atoms with Gasteiger partial charge in [0.15, 0.2) is 0 Å². The van der Waals surface area contributed by atoms with E-state index < -0.39 is 0 Å². The van der Waals surface area contributed by atoms with Crippen molar-refractivity contribution in [2.75, 3.05) is 11.5 Å². The number of hydrogen-bond acceptors (Lipinski definition) is 3. The molecule has 102 valence electrons. The molecule has 18 heavy (non-hydrogen) atoms. The average Bonchev–Trinajstić information content (AvgIpc) is 2.91. The fourth-order valence-electron chi connectivity index (χ4n) is 2.19. The van der Waals surface area contributed by atoms with Gasteiger partial charge in [-0.25, -0.2) is 0 Å². The summed E-state index contributed by atoms with van der Waals surface area (Å²) in [4.78, 5) is 0. The molecule has 0 radical (unpaired) electrons. The second kappa shape index (κ2) is 6.67. The number of nitrogens with one attached hydrogen (secondary N) is 1. The fourth-order valence-corrected chi connectivity index (χ4v) is 3.00. The molecule has 1 aliphatic rings. The zero-order valence-electron chi connectivity index (χ0n) is 11.7. The number of hydrogen-bond donors (Lipinski definition) is 1. The maximum absolute atomic E-state index is 5.89. The van der Waals surface area contributed by atoms with Crippen molar-refractivity contribution in [3.63, 3.8) is 0 Å². The molecule has 2 nitrogen and oxygen atoms in total. The van der Waals surface area contributed by atoms with Gasteiger partial charge in [-0.15, -0.1) is 0 Å². The van der Waals surface area contributed by atoms with Crippen molar-refractivity contribution in [2.24, 2.45) is 5.92 Å². The van der Waals surface area contributed by atoms with Crippen LogP contribution in [0.1, 0.15) is 51.1 Å². The van der Waals surface area contributed by atoms with Crippen molar-refractivity contribution in [1.29, 1.82) is 0 Å². The molecule has 0 aromatic carbocycles. The number of rotatable bonds is 8. The van der Waals surface area contributed by atoms with E-state index in [1.165, 1.54) is 30.1 Å². The van der Waals surface area contributed by atoms with E-state index in [0.717, 1.165) is 18.2 Å². The molecular formula is C15H25NOS. The Bertz CT molecular complexity index is 363. The summed E-state index contributed by atoms with van der Waals surface area (Å²) in [5.41, 5.74) is 0. The predicted molar refractivity (Wildman–Crippen MR) is 79.1 cm³/mol. The molecule has 1 fully saturated rings. The summed E-state index contributed by atoms with van der Waals surface area (Å²) in [5.74, 6) is 6.24. The molecule has 1 aromatic heterocycles. The van der Waals surface area contributed by atoms with Gasteiger partial charge in [-0.05, 0) is 49.3 Å². The SMILES string of the molecule is CCSCCC(C)NCc1ccc(C2CC2C)o1. The van der Waals surface area contributed by atoms with Crippen molar-refractivity contribution >= 4 is 11.8 Å². The first-order valence-electron chi connectivity index (χ1n) is 7.10. The van der Waals surface area contributed by atoms with Crippen LogP contribution >= 0.6 is 11.8 Å². The molecule has 1 heterocycles. The van der Waals surface area contributed by atoms with Gasteiger partial charge < -0.3 is 9.73 Å². The molecule has 1 aliphatic carbocycles. The Hall–Kier alpha value is -0.410. The third-order valence-electron chi connectivity index (χ3n) is 3.68. The molecule has 1 aromatic rings. The largest absolute Gasteiger partial charge is 0.464 e. The maximum atomic E-state index is 5.89. The van der Waals surface area contributed by atoms with Crippen LogP contribution < -0.4 is 5.32 Å². The van der Waals surface area contributed by atoms with Gasteiger partial charge in [0, 0.05) is 12.0 Å². The normalized spacial score (nSPS) is 24.2. The van der Waals surface area contributed by atoms with Crippen LogP contribution in [0.2, 0.25) is 0 Å². The third-order valence-corrected chi connectivity index (χ3v) is 4.61. The van der Waals surface area contributed by atoms with Gasteiger partial charge in [-0.3, -0.25) is 0 Å². The van der Waals surface area contributed by atoms with E-state index in [1.807, 2.05) is 11.8 Å². The van der Waals surface area contributed by atoms with Crippen LogP contribution in [0.3, 0.4) is 0 Å². The Morgan fingerprint density at radius 2 is 2.28 bits per heavy atom. The van der Waals surface area contributed by atoms with Crippen LogP contribution in [0.15, 0.2) is 16.5 Å². The summed E-state index contributed by atoms with van der Waals surface area (Å²) in [6.45, 7) is 7.62. The van der Waals surface area contributed by atoms with Crippen molar-refractivity contribution in [1.82, 2.24) is 5.32 Å². The summed E-state index contributed by atoms with van der Waals surface area (Å²) >= 11 is 2.01. The molecule has 1 N–H and O–H groups in total. The Labute approximate surface area is 115 Å². The summed E-state index contributed by atoms with van der Waals surface area (Å²) in [5, 5.41) is 3.53. The van der Waals surface area contributed by atoms with Crippen LogP contribution in [0.4, 0.5) is 0 Å². The molecular weight excluding hydrogens is 242 g/mol. The second-order valence-electron chi connectivity index (χ2n) is 5.39. The van der Waals surface area contributed by atoms with E-state index in [0.29, 0.717) is 12.0 Å². The van der Waals surface area contributed by atoms with Gasteiger partial charge in [-0.1, -0.05) is 13.8 Å². The maximum Gasteiger partial charge on any atom is 0.117 e. The second-order valence-corrected chi connectivity index (χ2v) is 6.78. The molecule has 0 bridgehead atoms. The Morgan fingerprint density at radius 1 is 1.50 bits per heavy atom. The first kappa shape index (κ1) is 14.0. The highest BCUT2D eigenvalue weighted by molar-refractivity contribution is 7.99. The number of thioether (sulfide) groups is 1. The predicted octanol–water partition coefficient (Wildman–Crippen LogP) is 4.02. The van der Waals surface area contributed by atoms with Crippen molar-refractivity contribution in [3.8, 4) is 0 Å². The van der Waals surface area contributed by atoms with Gasteiger partial charge in [0.1, 0.15) is 11.5 Å². The molecule has 3 unspecified atom stereocenters. The van der Waals surface area contributed by atoms with Crippen LogP contribution in [-0.4, -0.2) is 17.5 Å². The quantitative estimate of drug-likeness (QED) is 0.720. The Kier molecular flexibility index (Phi) is 5.19. The lowest BCUT2D eigenvalue weighted by molar-refractivity contribution is 0.425. The highest BCUT2D eigenvalue weighted by Gasteiger charge is 2.36. The zero-order valence-corrected chi connectivity index (χ0v) is 12.6. The molecule has 3 atom stereocenters. The molecule has 0 saturated heterocycles. The molecule has 3 heteroatoms. The van der Waals surface area contributed by atoms with E-state index >= 15 is 0 Å². The van der Waals surface area contributed by atoms with E-state index in [2.05, 4.69) is 38.2 Å². The van der Waals surface area contributed by atoms with Gasteiger partial charge in [0.25, 0.3) is 0 Å². The molecule has 0 amide bonds. The van der Waals surface area contributed by atoms with Gasteiger partial charge in [0.05, 0.1) is 6.54 Å². The average molecular weight is 267 g/mol. The standard InChI is InChI=1S/C15H25NOS/c1-4-18-8-7-12(3)16-10-13-5-6-15(17-13)14-9-11(14)2/h5-6,11-12,14,16H,4,7-10H2,1-3H3.